The van der Waals surface area contributed by atoms with Crippen molar-refractivity contribution in [2.45, 2.75) is 26.4 Å². The van der Waals surface area contributed by atoms with E-state index in [1.807, 2.05) is 36.9 Å². The third kappa shape index (κ3) is 4.07. The number of carbonyl (C=O) groups excluding carboxylic acids is 1. The number of nitrogens with two attached hydrogens (primary N) is 1. The van der Waals surface area contributed by atoms with Crippen molar-refractivity contribution >= 4 is 5.91 Å². The second-order valence-corrected chi connectivity index (χ2v) is 5.32. The standard InChI is InChI=1S/C17H22N2O2/c1-13-11-16(7-6-15(13)5-3-8-18)17(20)19-9-4-10-21-14(2)12-19/h6-7,11,14H,4,8-10,12,18H2,1-2H3. The van der Waals surface area contributed by atoms with Crippen molar-refractivity contribution in [3.8, 4) is 11.8 Å². The fourth-order valence-electron chi connectivity index (χ4n) is 2.44. The van der Waals surface area contributed by atoms with Crippen LogP contribution in [0.25, 0.3) is 0 Å². The maximum atomic E-state index is 12.6. The van der Waals surface area contributed by atoms with Crippen molar-refractivity contribution in [3.63, 3.8) is 0 Å². The maximum absolute atomic E-state index is 12.6. The molecule has 1 saturated heterocycles. The molecule has 0 bridgehead atoms. The zero-order valence-electron chi connectivity index (χ0n) is 12.7. The lowest BCUT2D eigenvalue weighted by Crippen LogP contribution is -2.35. The topological polar surface area (TPSA) is 55.6 Å². The first-order valence-electron chi connectivity index (χ1n) is 7.32. The molecule has 4 heteroatoms. The van der Waals surface area contributed by atoms with Gasteiger partial charge in [-0.15, -0.1) is 0 Å². The third-order valence-electron chi connectivity index (χ3n) is 3.54. The number of hydrogen-bond donors (Lipinski definition) is 1. The van der Waals surface area contributed by atoms with E-state index in [-0.39, 0.29) is 12.0 Å². The number of nitrogens with zero attached hydrogens (tertiary/aromatic N) is 1. The number of amides is 1. The predicted molar refractivity (Wildman–Crippen MR) is 83.0 cm³/mol. The Morgan fingerprint density at radius 2 is 2.33 bits per heavy atom. The number of ether oxygens (including phenoxy) is 1. The van der Waals surface area contributed by atoms with Gasteiger partial charge >= 0.3 is 0 Å². The smallest absolute Gasteiger partial charge is 0.253 e. The molecule has 1 fully saturated rings. The van der Waals surface area contributed by atoms with E-state index in [1.54, 1.807) is 0 Å². The van der Waals surface area contributed by atoms with Gasteiger partial charge in [-0.25, -0.2) is 0 Å². The molecule has 112 valence electrons. The van der Waals surface area contributed by atoms with Crippen LogP contribution in [0.5, 0.6) is 0 Å². The van der Waals surface area contributed by atoms with Crippen LogP contribution in [0.1, 0.15) is 34.8 Å². The van der Waals surface area contributed by atoms with Crippen LogP contribution in [-0.4, -0.2) is 43.2 Å². The summed E-state index contributed by atoms with van der Waals surface area (Å²) in [6, 6.07) is 5.63. The van der Waals surface area contributed by atoms with Gasteiger partial charge in [0.15, 0.2) is 0 Å². The number of benzene rings is 1. The Bertz CT molecular complexity index is 572. The van der Waals surface area contributed by atoms with Crippen LogP contribution in [0.4, 0.5) is 0 Å². The predicted octanol–water partition coefficient (Wildman–Crippen LogP) is 1.56. The van der Waals surface area contributed by atoms with Gasteiger partial charge in [-0.3, -0.25) is 4.79 Å². The SMILES string of the molecule is Cc1cc(C(=O)N2CCCOC(C)C2)ccc1C#CCN. The Labute approximate surface area is 126 Å². The van der Waals surface area contributed by atoms with Crippen LogP contribution in [-0.2, 0) is 4.74 Å². The summed E-state index contributed by atoms with van der Waals surface area (Å²) in [6.45, 7) is 6.42. The zero-order chi connectivity index (χ0) is 15.2. The maximum Gasteiger partial charge on any atom is 0.253 e. The summed E-state index contributed by atoms with van der Waals surface area (Å²) < 4.78 is 5.58. The van der Waals surface area contributed by atoms with Crippen molar-refractivity contribution in [1.29, 1.82) is 0 Å². The summed E-state index contributed by atoms with van der Waals surface area (Å²) in [5.74, 6) is 5.92. The molecule has 21 heavy (non-hydrogen) atoms. The zero-order valence-corrected chi connectivity index (χ0v) is 12.7. The van der Waals surface area contributed by atoms with Gasteiger partial charge in [0.05, 0.1) is 12.6 Å². The van der Waals surface area contributed by atoms with Crippen molar-refractivity contribution in [3.05, 3.63) is 34.9 Å². The number of aryl methyl sites for hydroxylation is 1. The molecule has 4 nitrogen and oxygen atoms in total. The molecule has 2 rings (SSSR count). The lowest BCUT2D eigenvalue weighted by atomic mass is 10.0. The fraction of sp³-hybridized carbons (Fsp3) is 0.471. The van der Waals surface area contributed by atoms with E-state index < -0.39 is 0 Å². The largest absolute Gasteiger partial charge is 0.377 e. The Hall–Kier alpha value is -1.83. The first kappa shape index (κ1) is 15.6. The minimum atomic E-state index is 0.0637. The Kier molecular flexibility index (Phi) is 5.38. The average molecular weight is 286 g/mol. The van der Waals surface area contributed by atoms with Gasteiger partial charge in [-0.1, -0.05) is 11.8 Å². The lowest BCUT2D eigenvalue weighted by molar-refractivity contribution is 0.0562. The quantitative estimate of drug-likeness (QED) is 0.797. The van der Waals surface area contributed by atoms with Gasteiger partial charge in [0.25, 0.3) is 5.91 Å². The van der Waals surface area contributed by atoms with E-state index in [4.69, 9.17) is 10.5 Å². The highest BCUT2D eigenvalue weighted by molar-refractivity contribution is 5.94. The normalized spacial score (nSPS) is 18.6. The molecule has 2 N–H and O–H groups in total. The highest BCUT2D eigenvalue weighted by Gasteiger charge is 2.21. The first-order chi connectivity index (χ1) is 10.1. The molecule has 1 aromatic carbocycles. The van der Waals surface area contributed by atoms with E-state index in [9.17, 15) is 4.79 Å². The van der Waals surface area contributed by atoms with Crippen LogP contribution in [0, 0.1) is 18.8 Å². The molecule has 1 aliphatic rings. The highest BCUT2D eigenvalue weighted by Crippen LogP contribution is 2.14. The molecular weight excluding hydrogens is 264 g/mol. The monoisotopic (exact) mass is 286 g/mol. The van der Waals surface area contributed by atoms with Gasteiger partial charge < -0.3 is 15.4 Å². The number of hydrogen-bond acceptors (Lipinski definition) is 3. The molecule has 0 aromatic heterocycles. The van der Waals surface area contributed by atoms with Crippen molar-refractivity contribution in [2.24, 2.45) is 5.73 Å². The summed E-state index contributed by atoms with van der Waals surface area (Å²) in [7, 11) is 0. The summed E-state index contributed by atoms with van der Waals surface area (Å²) in [5.41, 5.74) is 8.01. The summed E-state index contributed by atoms with van der Waals surface area (Å²) in [5, 5.41) is 0. The highest BCUT2D eigenvalue weighted by atomic mass is 16.5. The first-order valence-corrected chi connectivity index (χ1v) is 7.32. The van der Waals surface area contributed by atoms with Gasteiger partial charge in [-0.2, -0.15) is 0 Å². The number of rotatable bonds is 1. The molecule has 1 aliphatic heterocycles. The second kappa shape index (κ2) is 7.26. The van der Waals surface area contributed by atoms with Crippen LogP contribution >= 0.6 is 0 Å². The van der Waals surface area contributed by atoms with Crippen LogP contribution < -0.4 is 5.73 Å². The van der Waals surface area contributed by atoms with E-state index in [0.29, 0.717) is 18.7 Å². The molecule has 0 spiro atoms. The summed E-state index contributed by atoms with van der Waals surface area (Å²) in [6.07, 6.45) is 0.974. The van der Waals surface area contributed by atoms with E-state index in [1.165, 1.54) is 0 Å². The van der Waals surface area contributed by atoms with Gasteiger partial charge in [0, 0.05) is 30.8 Å². The Morgan fingerprint density at radius 3 is 3.05 bits per heavy atom. The number of carbonyl (C=O) groups is 1. The third-order valence-corrected chi connectivity index (χ3v) is 3.54. The molecular formula is C17H22N2O2. The fourth-order valence-corrected chi connectivity index (χ4v) is 2.44. The summed E-state index contributed by atoms with van der Waals surface area (Å²) in [4.78, 5) is 14.5. The molecule has 1 aromatic rings. The minimum absolute atomic E-state index is 0.0637. The molecule has 1 unspecified atom stereocenters. The molecule has 0 aliphatic carbocycles. The molecule has 1 atom stereocenters. The van der Waals surface area contributed by atoms with Crippen LogP contribution in [0.15, 0.2) is 18.2 Å². The summed E-state index contributed by atoms with van der Waals surface area (Å²) >= 11 is 0. The minimum Gasteiger partial charge on any atom is -0.377 e. The molecule has 1 heterocycles. The molecule has 0 radical (unpaired) electrons. The second-order valence-electron chi connectivity index (χ2n) is 5.32. The average Bonchev–Trinajstić information content (AvgIpc) is 2.70. The van der Waals surface area contributed by atoms with Gasteiger partial charge in [0.1, 0.15) is 0 Å². The lowest BCUT2D eigenvalue weighted by Gasteiger charge is -2.22. The van der Waals surface area contributed by atoms with Crippen molar-refractivity contribution < 1.29 is 9.53 Å². The van der Waals surface area contributed by atoms with Crippen LogP contribution in [0.3, 0.4) is 0 Å². The molecule has 1 amide bonds. The molecule has 0 saturated carbocycles. The van der Waals surface area contributed by atoms with E-state index >= 15 is 0 Å². The van der Waals surface area contributed by atoms with Crippen LogP contribution in [0.2, 0.25) is 0 Å². The Balaban J connectivity index is 2.17. The van der Waals surface area contributed by atoms with E-state index in [2.05, 4.69) is 11.8 Å². The Morgan fingerprint density at radius 1 is 1.52 bits per heavy atom. The van der Waals surface area contributed by atoms with Crippen molar-refractivity contribution in [1.82, 2.24) is 4.90 Å². The van der Waals surface area contributed by atoms with Crippen molar-refractivity contribution in [2.75, 3.05) is 26.2 Å². The van der Waals surface area contributed by atoms with Gasteiger partial charge in [-0.05, 0) is 44.0 Å². The van der Waals surface area contributed by atoms with Gasteiger partial charge in [0.2, 0.25) is 0 Å². The van der Waals surface area contributed by atoms with E-state index in [0.717, 1.165) is 30.7 Å².